The second kappa shape index (κ2) is 10.6. The van der Waals surface area contributed by atoms with Crippen LogP contribution in [0.4, 0.5) is 11.5 Å². The van der Waals surface area contributed by atoms with Gasteiger partial charge in [0.15, 0.2) is 0 Å². The molecule has 1 aromatic carbocycles. The summed E-state index contributed by atoms with van der Waals surface area (Å²) in [6.45, 7) is 3.86. The molecular weight excluding hydrogens is 396 g/mol. The molecule has 3 N–H and O–H groups in total. The van der Waals surface area contributed by atoms with Crippen LogP contribution in [0.15, 0.2) is 39.9 Å². The Morgan fingerprint density at radius 1 is 1.06 bits per heavy atom. The first-order valence-corrected chi connectivity index (χ1v) is 10.7. The van der Waals surface area contributed by atoms with Crippen LogP contribution in [0.1, 0.15) is 39.0 Å². The highest BCUT2D eigenvalue weighted by molar-refractivity contribution is 5.61. The first-order valence-electron chi connectivity index (χ1n) is 10.7. The molecule has 2 aromatic heterocycles. The summed E-state index contributed by atoms with van der Waals surface area (Å²) in [7, 11) is 1.82. The van der Waals surface area contributed by atoms with Gasteiger partial charge in [0.25, 0.3) is 5.56 Å². The van der Waals surface area contributed by atoms with Gasteiger partial charge in [0.2, 0.25) is 5.82 Å². The van der Waals surface area contributed by atoms with E-state index < -0.39 is 11.2 Å². The molecule has 0 radical (unpaired) electrons. The van der Waals surface area contributed by atoms with E-state index in [2.05, 4.69) is 20.4 Å². The van der Waals surface area contributed by atoms with E-state index in [0.29, 0.717) is 31.1 Å². The molecule has 0 atom stereocenters. The van der Waals surface area contributed by atoms with Crippen molar-refractivity contribution in [2.45, 2.75) is 52.1 Å². The van der Waals surface area contributed by atoms with Crippen molar-refractivity contribution in [1.29, 1.82) is 0 Å². The first kappa shape index (κ1) is 22.3. The third kappa shape index (κ3) is 5.59. The Morgan fingerprint density at radius 2 is 1.84 bits per heavy atom. The van der Waals surface area contributed by atoms with Gasteiger partial charge in [-0.05, 0) is 30.9 Å². The summed E-state index contributed by atoms with van der Waals surface area (Å²) in [6, 6.07) is 9.75. The van der Waals surface area contributed by atoms with Crippen molar-refractivity contribution < 1.29 is 0 Å². The Morgan fingerprint density at radius 3 is 2.58 bits per heavy atom. The second-order valence-electron chi connectivity index (χ2n) is 7.56. The summed E-state index contributed by atoms with van der Waals surface area (Å²) in [5.41, 5.74) is 6.55. The Bertz CT molecular complexity index is 1090. The van der Waals surface area contributed by atoms with Crippen LogP contribution in [0, 0.1) is 0 Å². The van der Waals surface area contributed by atoms with Crippen LogP contribution < -0.4 is 21.9 Å². The van der Waals surface area contributed by atoms with E-state index >= 15 is 0 Å². The predicted octanol–water partition coefficient (Wildman–Crippen LogP) is 1.88. The Kier molecular flexibility index (Phi) is 7.58. The normalized spacial score (nSPS) is 11.0. The molecule has 10 nitrogen and oxygen atoms in total. The monoisotopic (exact) mass is 426 g/mol. The van der Waals surface area contributed by atoms with Gasteiger partial charge in [-0.2, -0.15) is 4.80 Å². The molecule has 31 heavy (non-hydrogen) atoms. The fourth-order valence-corrected chi connectivity index (χ4v) is 3.42. The van der Waals surface area contributed by atoms with E-state index in [0.717, 1.165) is 37.7 Å². The van der Waals surface area contributed by atoms with Crippen molar-refractivity contribution in [3.8, 4) is 11.4 Å². The van der Waals surface area contributed by atoms with Gasteiger partial charge in [-0.3, -0.25) is 14.3 Å². The van der Waals surface area contributed by atoms with Crippen molar-refractivity contribution in [1.82, 2.24) is 29.8 Å². The fraction of sp³-hybridized carbons (Fsp3) is 0.476. The number of tetrazole rings is 1. The molecule has 0 saturated carbocycles. The summed E-state index contributed by atoms with van der Waals surface area (Å²) in [5.74, 6) is 0.846. The van der Waals surface area contributed by atoms with E-state index in [-0.39, 0.29) is 5.82 Å². The molecule has 0 saturated heterocycles. The van der Waals surface area contributed by atoms with Crippen LogP contribution in [-0.4, -0.2) is 43.4 Å². The molecule has 3 aromatic rings. The van der Waals surface area contributed by atoms with Gasteiger partial charge in [-0.1, -0.05) is 43.7 Å². The molecule has 0 aliphatic rings. The molecule has 166 valence electrons. The number of nitrogen functional groups attached to an aromatic ring is 1. The van der Waals surface area contributed by atoms with Gasteiger partial charge < -0.3 is 10.6 Å². The molecule has 0 fully saturated rings. The van der Waals surface area contributed by atoms with Crippen LogP contribution in [0.2, 0.25) is 0 Å². The highest BCUT2D eigenvalue weighted by Crippen LogP contribution is 2.16. The minimum atomic E-state index is -0.455. The summed E-state index contributed by atoms with van der Waals surface area (Å²) >= 11 is 0. The van der Waals surface area contributed by atoms with Crippen LogP contribution >= 0.6 is 0 Å². The number of rotatable bonds is 11. The van der Waals surface area contributed by atoms with Gasteiger partial charge in [-0.25, -0.2) is 4.79 Å². The van der Waals surface area contributed by atoms with Crippen LogP contribution in [0.25, 0.3) is 11.4 Å². The number of aromatic nitrogens is 6. The molecular formula is C21H30N8O2. The lowest BCUT2D eigenvalue weighted by atomic mass is 10.2. The molecule has 0 aliphatic carbocycles. The quantitative estimate of drug-likeness (QED) is 0.448. The lowest BCUT2D eigenvalue weighted by Gasteiger charge is -2.21. The van der Waals surface area contributed by atoms with Crippen molar-refractivity contribution >= 4 is 11.5 Å². The first-order chi connectivity index (χ1) is 15.0. The van der Waals surface area contributed by atoms with Gasteiger partial charge in [0.05, 0.1) is 6.54 Å². The highest BCUT2D eigenvalue weighted by atomic mass is 16.2. The van der Waals surface area contributed by atoms with E-state index in [1.807, 2.05) is 49.2 Å². The number of nitrogens with two attached hydrogens (primary N) is 1. The van der Waals surface area contributed by atoms with Crippen LogP contribution in [0.3, 0.4) is 0 Å². The molecule has 3 rings (SSSR count). The number of hydrogen-bond acceptors (Lipinski definition) is 7. The molecule has 0 spiro atoms. The van der Waals surface area contributed by atoms with E-state index in [4.69, 9.17) is 5.73 Å². The maximum atomic E-state index is 12.3. The molecule has 0 amide bonds. The summed E-state index contributed by atoms with van der Waals surface area (Å²) in [6.07, 6.45) is 4.44. The Balaban J connectivity index is 1.51. The fourth-order valence-electron chi connectivity index (χ4n) is 3.42. The molecule has 10 heteroatoms. The number of nitrogens with one attached hydrogen (secondary N) is 1. The van der Waals surface area contributed by atoms with Gasteiger partial charge in [-0.15, -0.1) is 10.2 Å². The van der Waals surface area contributed by atoms with Crippen molar-refractivity contribution in [2.24, 2.45) is 0 Å². The van der Waals surface area contributed by atoms with Crippen molar-refractivity contribution in [3.05, 3.63) is 51.2 Å². The average Bonchev–Trinajstić information content (AvgIpc) is 3.23. The molecule has 0 aliphatic heterocycles. The minimum absolute atomic E-state index is 0.227. The maximum Gasteiger partial charge on any atom is 0.330 e. The standard InChI is InChI=1S/C21H30N8O2/c1-3-4-14-28-18(22)17(20(30)23-21(28)31)27(2)13-9-6-10-15-29-25-19(24-26-29)16-11-7-5-8-12-16/h5,7-8,11-12H,3-4,6,9-10,13-15,22H2,1-2H3,(H,23,30,31). The number of aromatic amines is 1. The number of aryl methyl sites for hydroxylation is 1. The van der Waals surface area contributed by atoms with E-state index in [1.165, 1.54) is 4.57 Å². The predicted molar refractivity (Wildman–Crippen MR) is 121 cm³/mol. The Hall–Kier alpha value is -3.43. The number of nitrogens with zero attached hydrogens (tertiary/aromatic N) is 6. The number of H-pyrrole nitrogens is 1. The maximum absolute atomic E-state index is 12.3. The van der Waals surface area contributed by atoms with Gasteiger partial charge in [0, 0.05) is 25.7 Å². The number of anilines is 2. The zero-order valence-electron chi connectivity index (χ0n) is 18.1. The zero-order chi connectivity index (χ0) is 22.2. The van der Waals surface area contributed by atoms with Crippen LogP contribution in [0.5, 0.6) is 0 Å². The number of benzene rings is 1. The van der Waals surface area contributed by atoms with Crippen molar-refractivity contribution in [2.75, 3.05) is 24.2 Å². The van der Waals surface area contributed by atoms with E-state index in [9.17, 15) is 9.59 Å². The smallest absolute Gasteiger partial charge is 0.330 e. The van der Waals surface area contributed by atoms with Crippen LogP contribution in [-0.2, 0) is 13.1 Å². The number of hydrogen-bond donors (Lipinski definition) is 2. The molecule has 0 unspecified atom stereocenters. The molecule has 2 heterocycles. The third-order valence-corrected chi connectivity index (χ3v) is 5.17. The lowest BCUT2D eigenvalue weighted by Crippen LogP contribution is -2.37. The second-order valence-corrected chi connectivity index (χ2v) is 7.56. The SMILES string of the molecule is CCCCn1c(N)c(N(C)CCCCCn2nnc(-c3ccccc3)n2)c(=O)[nH]c1=O. The highest BCUT2D eigenvalue weighted by Gasteiger charge is 2.15. The van der Waals surface area contributed by atoms with Gasteiger partial charge >= 0.3 is 5.69 Å². The summed E-state index contributed by atoms with van der Waals surface area (Å²) in [5, 5.41) is 12.6. The number of unbranched alkanes of at least 4 members (excludes halogenated alkanes) is 3. The summed E-state index contributed by atoms with van der Waals surface area (Å²) in [4.78, 5) is 30.2. The lowest BCUT2D eigenvalue weighted by molar-refractivity contribution is 0.482. The Labute approximate surface area is 180 Å². The minimum Gasteiger partial charge on any atom is -0.383 e. The third-order valence-electron chi connectivity index (χ3n) is 5.17. The summed E-state index contributed by atoms with van der Waals surface area (Å²) < 4.78 is 1.44. The topological polar surface area (TPSA) is 128 Å². The zero-order valence-corrected chi connectivity index (χ0v) is 18.1. The largest absolute Gasteiger partial charge is 0.383 e. The molecule has 0 bridgehead atoms. The van der Waals surface area contributed by atoms with E-state index in [1.54, 1.807) is 4.80 Å². The average molecular weight is 427 g/mol. The van der Waals surface area contributed by atoms with Crippen molar-refractivity contribution in [3.63, 3.8) is 0 Å². The van der Waals surface area contributed by atoms with Gasteiger partial charge in [0.1, 0.15) is 11.5 Å².